The van der Waals surface area contributed by atoms with Crippen LogP contribution in [0.1, 0.15) is 0 Å². The fraction of sp³-hybridized carbons (Fsp3) is 0. The van der Waals surface area contributed by atoms with Crippen LogP contribution in [0.2, 0.25) is 5.02 Å². The first-order valence-electron chi connectivity index (χ1n) is 5.64. The van der Waals surface area contributed by atoms with E-state index in [1.807, 2.05) is 46.9 Å². The summed E-state index contributed by atoms with van der Waals surface area (Å²) in [6.45, 7) is 0. The largest absolute Gasteiger partial charge is 0.455 e. The Bertz CT molecular complexity index is 806. The van der Waals surface area contributed by atoms with E-state index >= 15 is 0 Å². The lowest BCUT2D eigenvalue weighted by Crippen LogP contribution is -2.07. The third-order valence-corrected chi connectivity index (χ3v) is 4.08. The summed E-state index contributed by atoms with van der Waals surface area (Å²) in [5, 5.41) is 1.26. The lowest BCUT2D eigenvalue weighted by Gasteiger charge is -2.06. The molecule has 0 aliphatic carbocycles. The van der Waals surface area contributed by atoms with Gasteiger partial charge in [0.05, 0.1) is 5.39 Å². The second-order valence-electron chi connectivity index (χ2n) is 4.08. The Labute approximate surface area is 128 Å². The molecular weight excluding hydrogens is 375 g/mol. The summed E-state index contributed by atoms with van der Waals surface area (Å²) in [4.78, 5) is 12.3. The van der Waals surface area contributed by atoms with Crippen LogP contribution in [0, 0.1) is 3.57 Å². The van der Waals surface area contributed by atoms with Gasteiger partial charge in [-0.25, -0.2) is 0 Å². The molecule has 0 fully saturated rings. The van der Waals surface area contributed by atoms with Crippen molar-refractivity contribution in [3.05, 3.63) is 67.3 Å². The molecule has 2 nitrogen and oxygen atoms in total. The third kappa shape index (κ3) is 2.28. The maximum Gasteiger partial charge on any atom is 0.206 e. The standard InChI is InChI=1S/C15H8ClIO2/c16-10-7-5-9(6-8-10)15-13(17)14(18)11-3-1-2-4-12(11)19-15/h1-8H. The molecule has 0 amide bonds. The first kappa shape index (κ1) is 12.7. The predicted molar refractivity (Wildman–Crippen MR) is 85.6 cm³/mol. The number of halogens is 2. The minimum Gasteiger partial charge on any atom is -0.455 e. The molecule has 0 aliphatic heterocycles. The molecule has 3 aromatic rings. The van der Waals surface area contributed by atoms with E-state index in [9.17, 15) is 4.79 Å². The predicted octanol–water partition coefficient (Wildman–Crippen LogP) is 4.72. The first-order chi connectivity index (χ1) is 9.16. The van der Waals surface area contributed by atoms with E-state index in [1.54, 1.807) is 24.3 Å². The highest BCUT2D eigenvalue weighted by molar-refractivity contribution is 14.1. The average Bonchev–Trinajstić information content (AvgIpc) is 2.44. The maximum absolute atomic E-state index is 12.3. The topological polar surface area (TPSA) is 30.2 Å². The third-order valence-electron chi connectivity index (χ3n) is 2.85. The Morgan fingerprint density at radius 1 is 1.00 bits per heavy atom. The zero-order valence-corrected chi connectivity index (χ0v) is 12.6. The Kier molecular flexibility index (Phi) is 3.33. The van der Waals surface area contributed by atoms with Gasteiger partial charge in [0.15, 0.2) is 5.76 Å². The summed E-state index contributed by atoms with van der Waals surface area (Å²) >= 11 is 7.90. The fourth-order valence-corrected chi connectivity index (χ4v) is 2.74. The van der Waals surface area contributed by atoms with Gasteiger partial charge in [0.2, 0.25) is 5.43 Å². The second kappa shape index (κ2) is 4.98. The van der Waals surface area contributed by atoms with Gasteiger partial charge in [-0.3, -0.25) is 4.79 Å². The number of hydrogen-bond acceptors (Lipinski definition) is 2. The molecule has 0 saturated heterocycles. The second-order valence-corrected chi connectivity index (χ2v) is 5.59. The van der Waals surface area contributed by atoms with Crippen molar-refractivity contribution < 1.29 is 4.42 Å². The van der Waals surface area contributed by atoms with E-state index in [-0.39, 0.29) is 5.43 Å². The molecule has 19 heavy (non-hydrogen) atoms. The average molecular weight is 383 g/mol. The van der Waals surface area contributed by atoms with Gasteiger partial charge in [0.1, 0.15) is 9.15 Å². The molecule has 1 aromatic heterocycles. The van der Waals surface area contributed by atoms with Crippen molar-refractivity contribution in [3.63, 3.8) is 0 Å². The van der Waals surface area contributed by atoms with Crippen molar-refractivity contribution in [2.45, 2.75) is 0 Å². The van der Waals surface area contributed by atoms with Crippen LogP contribution in [0.25, 0.3) is 22.3 Å². The molecule has 3 rings (SSSR count). The quantitative estimate of drug-likeness (QED) is 0.570. The van der Waals surface area contributed by atoms with Gasteiger partial charge < -0.3 is 4.42 Å². The number of hydrogen-bond donors (Lipinski definition) is 0. The van der Waals surface area contributed by atoms with Gasteiger partial charge in [-0.1, -0.05) is 23.7 Å². The van der Waals surface area contributed by atoms with Gasteiger partial charge in [-0.2, -0.15) is 0 Å². The monoisotopic (exact) mass is 382 g/mol. The van der Waals surface area contributed by atoms with Crippen LogP contribution in [0.15, 0.2) is 57.7 Å². The molecule has 1 heterocycles. The molecule has 0 aliphatic rings. The highest BCUT2D eigenvalue weighted by Gasteiger charge is 2.13. The highest BCUT2D eigenvalue weighted by atomic mass is 127. The van der Waals surface area contributed by atoms with Gasteiger partial charge in [-0.05, 0) is 59.0 Å². The summed E-state index contributed by atoms with van der Waals surface area (Å²) in [6, 6.07) is 14.5. The molecule has 0 saturated carbocycles. The summed E-state index contributed by atoms with van der Waals surface area (Å²) in [5.74, 6) is 0.584. The lowest BCUT2D eigenvalue weighted by molar-refractivity contribution is 0.615. The van der Waals surface area contributed by atoms with E-state index < -0.39 is 0 Å². The van der Waals surface area contributed by atoms with Crippen LogP contribution in [-0.4, -0.2) is 0 Å². The summed E-state index contributed by atoms with van der Waals surface area (Å²) in [7, 11) is 0. The molecule has 4 heteroatoms. The Morgan fingerprint density at radius 2 is 1.68 bits per heavy atom. The highest BCUT2D eigenvalue weighted by Crippen LogP contribution is 2.27. The van der Waals surface area contributed by atoms with Crippen molar-refractivity contribution in [2.75, 3.05) is 0 Å². The van der Waals surface area contributed by atoms with Crippen LogP contribution in [0.5, 0.6) is 0 Å². The smallest absolute Gasteiger partial charge is 0.206 e. The summed E-state index contributed by atoms with van der Waals surface area (Å²) in [5.41, 5.74) is 1.43. The van der Waals surface area contributed by atoms with Crippen molar-refractivity contribution in [2.24, 2.45) is 0 Å². The molecule has 0 radical (unpaired) electrons. The minimum absolute atomic E-state index is 0.00704. The molecule has 0 spiro atoms. The van der Waals surface area contributed by atoms with E-state index in [0.717, 1.165) is 5.56 Å². The molecule has 94 valence electrons. The molecule has 2 aromatic carbocycles. The van der Waals surface area contributed by atoms with Gasteiger partial charge in [0, 0.05) is 10.6 Å². The number of benzene rings is 2. The Balaban J connectivity index is 2.33. The minimum atomic E-state index is -0.00704. The molecule has 0 N–H and O–H groups in total. The number of fused-ring (bicyclic) bond motifs is 1. The van der Waals surface area contributed by atoms with Crippen LogP contribution >= 0.6 is 34.2 Å². The summed E-state index contributed by atoms with van der Waals surface area (Å²) < 4.78 is 6.43. The Morgan fingerprint density at radius 3 is 2.42 bits per heavy atom. The lowest BCUT2D eigenvalue weighted by atomic mass is 10.1. The summed E-state index contributed by atoms with van der Waals surface area (Å²) in [6.07, 6.45) is 0. The van der Waals surface area contributed by atoms with Crippen molar-refractivity contribution in [3.8, 4) is 11.3 Å². The Hall–Kier alpha value is -1.33. The van der Waals surface area contributed by atoms with E-state index in [1.165, 1.54) is 0 Å². The van der Waals surface area contributed by atoms with Crippen molar-refractivity contribution >= 4 is 45.2 Å². The number of para-hydroxylation sites is 1. The molecular formula is C15H8ClIO2. The van der Waals surface area contributed by atoms with E-state index in [0.29, 0.717) is 25.3 Å². The van der Waals surface area contributed by atoms with Crippen LogP contribution in [0.4, 0.5) is 0 Å². The zero-order chi connectivity index (χ0) is 13.4. The molecule has 0 atom stereocenters. The molecule has 0 bridgehead atoms. The van der Waals surface area contributed by atoms with Crippen LogP contribution in [-0.2, 0) is 0 Å². The maximum atomic E-state index is 12.3. The van der Waals surface area contributed by atoms with Gasteiger partial charge in [0.25, 0.3) is 0 Å². The van der Waals surface area contributed by atoms with E-state index in [2.05, 4.69) is 0 Å². The van der Waals surface area contributed by atoms with E-state index in [4.69, 9.17) is 16.0 Å². The zero-order valence-electron chi connectivity index (χ0n) is 9.69. The van der Waals surface area contributed by atoms with Crippen LogP contribution in [0.3, 0.4) is 0 Å². The number of rotatable bonds is 1. The van der Waals surface area contributed by atoms with Crippen molar-refractivity contribution in [1.29, 1.82) is 0 Å². The SMILES string of the molecule is O=c1c(I)c(-c2ccc(Cl)cc2)oc2ccccc12. The molecule has 0 unspecified atom stereocenters. The fourth-order valence-electron chi connectivity index (χ4n) is 1.91. The van der Waals surface area contributed by atoms with Crippen molar-refractivity contribution in [1.82, 2.24) is 0 Å². The van der Waals surface area contributed by atoms with Gasteiger partial charge in [-0.15, -0.1) is 0 Å². The first-order valence-corrected chi connectivity index (χ1v) is 7.10. The van der Waals surface area contributed by atoms with Gasteiger partial charge >= 0.3 is 0 Å². The normalized spacial score (nSPS) is 10.8. The van der Waals surface area contributed by atoms with Crippen LogP contribution < -0.4 is 5.43 Å².